The quantitative estimate of drug-likeness (QED) is 0.473. The standard InChI is InChI=1S/C7H4F3NO2.HI/c8-3-1-2(7(12)13)4(9)6(11)5(3)10;/h1H,11H2,(H,12,13);1H. The number of hydrogen-bond acceptors (Lipinski definition) is 2. The van der Waals surface area contributed by atoms with E-state index in [9.17, 15) is 18.0 Å². The van der Waals surface area contributed by atoms with Crippen LogP contribution >= 0.6 is 24.0 Å². The molecule has 0 bridgehead atoms. The monoisotopic (exact) mass is 319 g/mol. The van der Waals surface area contributed by atoms with Gasteiger partial charge in [0.15, 0.2) is 17.5 Å². The van der Waals surface area contributed by atoms with E-state index in [0.29, 0.717) is 0 Å². The van der Waals surface area contributed by atoms with Gasteiger partial charge in [-0.05, 0) is 6.07 Å². The first-order chi connectivity index (χ1) is 5.95. The molecule has 1 aromatic rings. The molecule has 0 amide bonds. The lowest BCUT2D eigenvalue weighted by Crippen LogP contribution is -2.07. The molecule has 0 heterocycles. The molecule has 3 nitrogen and oxygen atoms in total. The van der Waals surface area contributed by atoms with Gasteiger partial charge in [-0.2, -0.15) is 0 Å². The number of carbonyl (C=O) groups is 1. The van der Waals surface area contributed by atoms with Gasteiger partial charge < -0.3 is 10.8 Å². The minimum atomic E-state index is -1.71. The molecule has 1 aromatic carbocycles. The van der Waals surface area contributed by atoms with Crippen LogP contribution in [-0.2, 0) is 0 Å². The van der Waals surface area contributed by atoms with Crippen LogP contribution in [0.1, 0.15) is 10.4 Å². The zero-order valence-corrected chi connectivity index (χ0v) is 8.88. The van der Waals surface area contributed by atoms with Crippen LogP contribution in [0.5, 0.6) is 0 Å². The Morgan fingerprint density at radius 3 is 2.21 bits per heavy atom. The molecule has 0 unspecified atom stereocenters. The van der Waals surface area contributed by atoms with Crippen molar-refractivity contribution in [3.05, 3.63) is 29.1 Å². The number of anilines is 1. The summed E-state index contributed by atoms with van der Waals surface area (Å²) in [6.45, 7) is 0. The molecule has 3 N–H and O–H groups in total. The third-order valence-corrected chi connectivity index (χ3v) is 1.42. The SMILES string of the molecule is I.Nc1c(F)c(F)cc(C(=O)O)c1F. The third kappa shape index (κ3) is 2.08. The molecule has 0 saturated heterocycles. The van der Waals surface area contributed by atoms with E-state index in [2.05, 4.69) is 0 Å². The first kappa shape index (κ1) is 13.0. The van der Waals surface area contributed by atoms with Crippen LogP contribution in [0.15, 0.2) is 6.07 Å². The lowest BCUT2D eigenvalue weighted by Gasteiger charge is -2.02. The predicted octanol–water partition coefficient (Wildman–Crippen LogP) is 2.00. The molecular weight excluding hydrogens is 314 g/mol. The average Bonchev–Trinajstić information content (AvgIpc) is 2.07. The van der Waals surface area contributed by atoms with Gasteiger partial charge in [0.25, 0.3) is 0 Å². The van der Waals surface area contributed by atoms with Gasteiger partial charge in [-0.25, -0.2) is 18.0 Å². The van der Waals surface area contributed by atoms with E-state index in [4.69, 9.17) is 10.8 Å². The Balaban J connectivity index is 0.00000169. The number of rotatable bonds is 1. The van der Waals surface area contributed by atoms with Crippen LogP contribution in [-0.4, -0.2) is 11.1 Å². The van der Waals surface area contributed by atoms with Crippen molar-refractivity contribution in [3.8, 4) is 0 Å². The molecule has 0 aliphatic rings. The smallest absolute Gasteiger partial charge is 0.338 e. The minimum absolute atomic E-state index is 0. The number of halogens is 4. The molecule has 0 radical (unpaired) electrons. The van der Waals surface area contributed by atoms with Crippen molar-refractivity contribution in [1.29, 1.82) is 0 Å². The number of aromatic carboxylic acids is 1. The molecule has 0 aliphatic heterocycles. The van der Waals surface area contributed by atoms with Gasteiger partial charge in [0, 0.05) is 0 Å². The van der Waals surface area contributed by atoms with Crippen molar-refractivity contribution in [2.24, 2.45) is 0 Å². The highest BCUT2D eigenvalue weighted by atomic mass is 127. The summed E-state index contributed by atoms with van der Waals surface area (Å²) in [6, 6.07) is 0.239. The number of carboxylic acids is 1. The maximum Gasteiger partial charge on any atom is 0.338 e. The highest BCUT2D eigenvalue weighted by Crippen LogP contribution is 2.21. The van der Waals surface area contributed by atoms with Gasteiger partial charge in [-0.15, -0.1) is 24.0 Å². The maximum atomic E-state index is 12.8. The Labute approximate surface area is 93.7 Å². The lowest BCUT2D eigenvalue weighted by molar-refractivity contribution is 0.0691. The van der Waals surface area contributed by atoms with Crippen molar-refractivity contribution in [2.75, 3.05) is 5.73 Å². The summed E-state index contributed by atoms with van der Waals surface area (Å²) in [5, 5.41) is 8.32. The molecule has 0 aliphatic carbocycles. The average molecular weight is 319 g/mol. The van der Waals surface area contributed by atoms with Gasteiger partial charge in [-0.3, -0.25) is 0 Å². The molecule has 0 spiro atoms. The number of hydrogen-bond donors (Lipinski definition) is 2. The van der Waals surface area contributed by atoms with Gasteiger partial charge in [0.2, 0.25) is 0 Å². The summed E-state index contributed by atoms with van der Waals surface area (Å²) in [4.78, 5) is 10.3. The molecule has 0 saturated carbocycles. The normalized spacial score (nSPS) is 9.36. The van der Waals surface area contributed by atoms with Crippen LogP contribution in [0.2, 0.25) is 0 Å². The molecule has 1 rings (SSSR count). The predicted molar refractivity (Wildman–Crippen MR) is 53.1 cm³/mol. The van der Waals surface area contributed by atoms with E-state index in [1.165, 1.54) is 0 Å². The van der Waals surface area contributed by atoms with Crippen LogP contribution in [0.3, 0.4) is 0 Å². The van der Waals surface area contributed by atoms with E-state index >= 15 is 0 Å². The number of nitrogens with two attached hydrogens (primary N) is 1. The van der Waals surface area contributed by atoms with Gasteiger partial charge in [0.1, 0.15) is 11.3 Å². The molecule has 14 heavy (non-hydrogen) atoms. The second kappa shape index (κ2) is 4.49. The molecule has 0 atom stereocenters. The van der Waals surface area contributed by atoms with Crippen LogP contribution in [0.4, 0.5) is 18.9 Å². The second-order valence-electron chi connectivity index (χ2n) is 2.25. The maximum absolute atomic E-state index is 12.8. The Hall–Kier alpha value is -0.990. The van der Waals surface area contributed by atoms with E-state index in [-0.39, 0.29) is 30.0 Å². The number of nitrogen functional groups attached to an aromatic ring is 1. The van der Waals surface area contributed by atoms with Crippen LogP contribution in [0.25, 0.3) is 0 Å². The second-order valence-corrected chi connectivity index (χ2v) is 2.25. The summed E-state index contributed by atoms with van der Waals surface area (Å²) in [7, 11) is 0. The molecule has 78 valence electrons. The van der Waals surface area contributed by atoms with Crippen molar-refractivity contribution in [1.82, 2.24) is 0 Å². The zero-order valence-electron chi connectivity index (χ0n) is 6.55. The first-order valence-corrected chi connectivity index (χ1v) is 3.11. The summed E-state index contributed by atoms with van der Waals surface area (Å²) in [5.74, 6) is -6.24. The van der Waals surface area contributed by atoms with Gasteiger partial charge in [-0.1, -0.05) is 0 Å². The molecule has 0 fully saturated rings. The third-order valence-electron chi connectivity index (χ3n) is 1.42. The van der Waals surface area contributed by atoms with E-state index in [0.717, 1.165) is 0 Å². The van der Waals surface area contributed by atoms with Gasteiger partial charge >= 0.3 is 5.97 Å². The Morgan fingerprint density at radius 1 is 1.29 bits per heavy atom. The Kier molecular flexibility index (Phi) is 4.17. The molecular formula is C7H5F3INO2. The molecule has 7 heteroatoms. The van der Waals surface area contributed by atoms with Crippen LogP contribution in [0, 0.1) is 17.5 Å². The fourth-order valence-electron chi connectivity index (χ4n) is 0.779. The zero-order chi connectivity index (χ0) is 10.2. The van der Waals surface area contributed by atoms with E-state index in [1.54, 1.807) is 0 Å². The van der Waals surface area contributed by atoms with E-state index < -0.39 is 34.7 Å². The molecule has 0 aromatic heterocycles. The Morgan fingerprint density at radius 2 is 1.79 bits per heavy atom. The van der Waals surface area contributed by atoms with Crippen LogP contribution < -0.4 is 5.73 Å². The topological polar surface area (TPSA) is 63.3 Å². The minimum Gasteiger partial charge on any atom is -0.478 e. The largest absolute Gasteiger partial charge is 0.478 e. The summed E-state index contributed by atoms with van der Waals surface area (Å²) in [5.41, 5.74) is 2.65. The number of benzene rings is 1. The van der Waals surface area contributed by atoms with Crippen molar-refractivity contribution >= 4 is 35.6 Å². The van der Waals surface area contributed by atoms with E-state index in [1.807, 2.05) is 0 Å². The fraction of sp³-hybridized carbons (Fsp3) is 0. The number of carboxylic acid groups (broad SMARTS) is 1. The Bertz CT molecular complexity index is 384. The summed E-state index contributed by atoms with van der Waals surface area (Å²) in [6.07, 6.45) is 0. The fourth-order valence-corrected chi connectivity index (χ4v) is 0.779. The van der Waals surface area contributed by atoms with Crippen molar-refractivity contribution < 1.29 is 23.1 Å². The van der Waals surface area contributed by atoms with Crippen molar-refractivity contribution in [2.45, 2.75) is 0 Å². The summed E-state index contributed by atoms with van der Waals surface area (Å²) < 4.78 is 37.8. The van der Waals surface area contributed by atoms with Crippen molar-refractivity contribution in [3.63, 3.8) is 0 Å². The first-order valence-electron chi connectivity index (χ1n) is 3.11. The highest BCUT2D eigenvalue weighted by Gasteiger charge is 2.20. The highest BCUT2D eigenvalue weighted by molar-refractivity contribution is 14.0. The lowest BCUT2D eigenvalue weighted by atomic mass is 10.1. The van der Waals surface area contributed by atoms with Gasteiger partial charge in [0.05, 0.1) is 0 Å². The summed E-state index contributed by atoms with van der Waals surface area (Å²) >= 11 is 0.